The molecule has 6 heteroatoms. The molecule has 0 amide bonds. The minimum atomic E-state index is -0.581. The Morgan fingerprint density at radius 1 is 1.17 bits per heavy atom. The van der Waals surface area contributed by atoms with Crippen LogP contribution in [0.15, 0.2) is 24.4 Å². The molecular weight excluding hydrogens is 299 g/mol. The number of rotatable bonds is 2. The zero-order valence-corrected chi connectivity index (χ0v) is 11.4. The van der Waals surface area contributed by atoms with Gasteiger partial charge < -0.3 is 4.74 Å². The van der Waals surface area contributed by atoms with E-state index >= 15 is 0 Å². The molecule has 0 atom stereocenters. The molecule has 2 aromatic rings. The van der Waals surface area contributed by atoms with Crippen molar-refractivity contribution in [3.63, 3.8) is 0 Å². The molecule has 0 saturated heterocycles. The fourth-order valence-corrected chi connectivity index (χ4v) is 2.20. The Kier molecular flexibility index (Phi) is 3.95. The zero-order chi connectivity index (χ0) is 13.3. The van der Waals surface area contributed by atoms with Crippen molar-refractivity contribution >= 4 is 34.8 Å². The summed E-state index contributed by atoms with van der Waals surface area (Å²) in [6.45, 7) is 0. The molecule has 0 aliphatic heterocycles. The van der Waals surface area contributed by atoms with E-state index in [1.54, 1.807) is 6.07 Å². The van der Waals surface area contributed by atoms with E-state index in [-0.39, 0.29) is 5.88 Å². The summed E-state index contributed by atoms with van der Waals surface area (Å²) in [5.74, 6) is -0.662. The van der Waals surface area contributed by atoms with Gasteiger partial charge in [0.2, 0.25) is 5.88 Å². The molecule has 1 aromatic carbocycles. The highest BCUT2D eigenvalue weighted by atomic mass is 35.5. The maximum atomic E-state index is 13.6. The Morgan fingerprint density at radius 3 is 2.50 bits per heavy atom. The van der Waals surface area contributed by atoms with Crippen LogP contribution in [0.4, 0.5) is 4.39 Å². The van der Waals surface area contributed by atoms with Crippen LogP contribution in [-0.2, 0) is 0 Å². The van der Waals surface area contributed by atoms with Crippen LogP contribution in [-0.4, -0.2) is 12.1 Å². The lowest BCUT2D eigenvalue weighted by Gasteiger charge is -2.08. The normalized spacial score (nSPS) is 10.5. The van der Waals surface area contributed by atoms with Crippen LogP contribution in [0.5, 0.6) is 5.88 Å². The highest BCUT2D eigenvalue weighted by Gasteiger charge is 2.12. The molecule has 2 rings (SSSR count). The third kappa shape index (κ3) is 2.53. The van der Waals surface area contributed by atoms with E-state index in [2.05, 4.69) is 4.98 Å². The molecule has 0 fully saturated rings. The topological polar surface area (TPSA) is 22.1 Å². The third-order valence-electron chi connectivity index (χ3n) is 2.30. The van der Waals surface area contributed by atoms with Gasteiger partial charge in [-0.3, -0.25) is 0 Å². The minimum absolute atomic E-state index is 0.0806. The summed E-state index contributed by atoms with van der Waals surface area (Å²) < 4.78 is 18.3. The van der Waals surface area contributed by atoms with Crippen LogP contribution >= 0.6 is 34.8 Å². The number of nitrogens with zero attached hydrogens (tertiary/aromatic N) is 1. The van der Waals surface area contributed by atoms with Crippen molar-refractivity contribution in [2.75, 3.05) is 7.11 Å². The Bertz CT molecular complexity index is 604. The SMILES string of the molecule is COc1ncc(-c2cc(Cl)cc(Cl)c2Cl)cc1F. The van der Waals surface area contributed by atoms with Crippen molar-refractivity contribution in [3.8, 4) is 17.0 Å². The summed E-state index contributed by atoms with van der Waals surface area (Å²) in [6, 6.07) is 4.38. The van der Waals surface area contributed by atoms with E-state index in [9.17, 15) is 4.39 Å². The first-order chi connectivity index (χ1) is 8.52. The van der Waals surface area contributed by atoms with Crippen molar-refractivity contribution < 1.29 is 9.13 Å². The average Bonchev–Trinajstić information content (AvgIpc) is 2.33. The fourth-order valence-electron chi connectivity index (χ4n) is 1.49. The first-order valence-electron chi connectivity index (χ1n) is 4.87. The van der Waals surface area contributed by atoms with Crippen molar-refractivity contribution in [1.82, 2.24) is 4.98 Å². The van der Waals surface area contributed by atoms with Crippen LogP contribution < -0.4 is 4.74 Å². The molecule has 0 aliphatic carbocycles. The Labute approximate surface area is 118 Å². The molecule has 0 spiro atoms. The second kappa shape index (κ2) is 5.31. The van der Waals surface area contributed by atoms with Crippen LogP contribution in [0.3, 0.4) is 0 Å². The molecule has 0 N–H and O–H groups in total. The lowest BCUT2D eigenvalue weighted by molar-refractivity contribution is 0.369. The monoisotopic (exact) mass is 305 g/mol. The quantitative estimate of drug-likeness (QED) is 0.739. The summed E-state index contributed by atoms with van der Waals surface area (Å²) in [4.78, 5) is 3.83. The number of benzene rings is 1. The van der Waals surface area contributed by atoms with Gasteiger partial charge in [0.1, 0.15) is 0 Å². The molecule has 1 aromatic heterocycles. The summed E-state index contributed by atoms with van der Waals surface area (Å²) in [6.07, 6.45) is 1.44. The highest BCUT2D eigenvalue weighted by Crippen LogP contribution is 2.36. The van der Waals surface area contributed by atoms with Crippen molar-refractivity contribution in [2.24, 2.45) is 0 Å². The van der Waals surface area contributed by atoms with Gasteiger partial charge in [0.25, 0.3) is 0 Å². The second-order valence-electron chi connectivity index (χ2n) is 3.46. The second-order valence-corrected chi connectivity index (χ2v) is 4.69. The Balaban J connectivity index is 2.58. The van der Waals surface area contributed by atoms with E-state index < -0.39 is 5.82 Å². The Hall–Kier alpha value is -1.03. The maximum absolute atomic E-state index is 13.6. The van der Waals surface area contributed by atoms with Gasteiger partial charge >= 0.3 is 0 Å². The standard InChI is InChI=1S/C12H7Cl3FNO/c1-18-12-10(16)2-6(5-17-12)8-3-7(13)4-9(14)11(8)15/h2-5H,1H3. The third-order valence-corrected chi connectivity index (χ3v) is 3.33. The van der Waals surface area contributed by atoms with E-state index in [0.29, 0.717) is 26.2 Å². The van der Waals surface area contributed by atoms with Gasteiger partial charge in [-0.05, 0) is 18.2 Å². The van der Waals surface area contributed by atoms with Gasteiger partial charge in [-0.1, -0.05) is 34.8 Å². The molecule has 0 unspecified atom stereocenters. The number of halogens is 4. The van der Waals surface area contributed by atoms with Crippen LogP contribution in [0.25, 0.3) is 11.1 Å². The largest absolute Gasteiger partial charge is 0.479 e. The molecule has 0 radical (unpaired) electrons. The number of aromatic nitrogens is 1. The molecule has 18 heavy (non-hydrogen) atoms. The summed E-state index contributed by atoms with van der Waals surface area (Å²) in [5.41, 5.74) is 0.992. The number of hydrogen-bond donors (Lipinski definition) is 0. The molecule has 0 saturated carbocycles. The number of hydrogen-bond acceptors (Lipinski definition) is 2. The lowest BCUT2D eigenvalue weighted by Crippen LogP contribution is -1.93. The van der Waals surface area contributed by atoms with E-state index in [1.807, 2.05) is 0 Å². The molecule has 1 heterocycles. The van der Waals surface area contributed by atoms with Crippen LogP contribution in [0.1, 0.15) is 0 Å². The Morgan fingerprint density at radius 2 is 1.89 bits per heavy atom. The van der Waals surface area contributed by atoms with Crippen molar-refractivity contribution in [2.45, 2.75) is 0 Å². The smallest absolute Gasteiger partial charge is 0.250 e. The van der Waals surface area contributed by atoms with E-state index in [4.69, 9.17) is 39.5 Å². The van der Waals surface area contributed by atoms with Gasteiger partial charge in [0, 0.05) is 22.3 Å². The molecule has 94 valence electrons. The minimum Gasteiger partial charge on any atom is -0.479 e. The van der Waals surface area contributed by atoms with Crippen molar-refractivity contribution in [1.29, 1.82) is 0 Å². The fraction of sp³-hybridized carbons (Fsp3) is 0.0833. The lowest BCUT2D eigenvalue weighted by atomic mass is 10.1. The first kappa shape index (κ1) is 13.4. The molecule has 0 aliphatic rings. The van der Waals surface area contributed by atoms with Gasteiger partial charge in [-0.2, -0.15) is 0 Å². The number of pyridine rings is 1. The zero-order valence-electron chi connectivity index (χ0n) is 9.18. The number of ether oxygens (including phenoxy) is 1. The maximum Gasteiger partial charge on any atom is 0.250 e. The van der Waals surface area contributed by atoms with Gasteiger partial charge in [0.05, 0.1) is 17.2 Å². The van der Waals surface area contributed by atoms with Crippen molar-refractivity contribution in [3.05, 3.63) is 45.3 Å². The first-order valence-corrected chi connectivity index (χ1v) is 6.00. The molecular formula is C12H7Cl3FNO. The van der Waals surface area contributed by atoms with E-state index in [1.165, 1.54) is 25.4 Å². The predicted octanol–water partition coefficient (Wildman–Crippen LogP) is 4.86. The molecule has 2 nitrogen and oxygen atoms in total. The summed E-state index contributed by atoms with van der Waals surface area (Å²) in [7, 11) is 1.34. The number of methoxy groups -OCH3 is 1. The molecule has 0 bridgehead atoms. The van der Waals surface area contributed by atoms with E-state index in [0.717, 1.165) is 0 Å². The van der Waals surface area contributed by atoms with Crippen LogP contribution in [0.2, 0.25) is 15.1 Å². The van der Waals surface area contributed by atoms with Crippen LogP contribution in [0, 0.1) is 5.82 Å². The van der Waals surface area contributed by atoms with Gasteiger partial charge in [-0.25, -0.2) is 9.37 Å². The predicted molar refractivity (Wildman–Crippen MR) is 71.2 cm³/mol. The summed E-state index contributed by atoms with van der Waals surface area (Å²) in [5, 5.41) is 1.01. The summed E-state index contributed by atoms with van der Waals surface area (Å²) >= 11 is 17.9. The van der Waals surface area contributed by atoms with Gasteiger partial charge in [-0.15, -0.1) is 0 Å². The highest BCUT2D eigenvalue weighted by molar-refractivity contribution is 6.45. The van der Waals surface area contributed by atoms with Gasteiger partial charge in [0.15, 0.2) is 5.82 Å². The average molecular weight is 307 g/mol.